The molecule has 0 unspecified atom stereocenters. The van der Waals surface area contributed by atoms with E-state index in [9.17, 15) is 0 Å². The van der Waals surface area contributed by atoms with Crippen molar-refractivity contribution in [2.24, 2.45) is 4.99 Å². The van der Waals surface area contributed by atoms with Crippen LogP contribution in [0.25, 0.3) is 0 Å². The molecule has 0 saturated heterocycles. The van der Waals surface area contributed by atoms with E-state index in [-0.39, 0.29) is 0 Å². The van der Waals surface area contributed by atoms with Crippen LogP contribution in [-0.2, 0) is 4.84 Å². The Morgan fingerprint density at radius 3 is 3.00 bits per heavy atom. The van der Waals surface area contributed by atoms with Gasteiger partial charge in [-0.1, -0.05) is 32.6 Å². The van der Waals surface area contributed by atoms with Crippen molar-refractivity contribution < 1.29 is 4.84 Å². The Morgan fingerprint density at radius 2 is 2.24 bits per heavy atom. The van der Waals surface area contributed by atoms with E-state index in [2.05, 4.69) is 22.7 Å². The Labute approximate surface area is 107 Å². The Balaban J connectivity index is 1.64. The van der Waals surface area contributed by atoms with Crippen LogP contribution in [0.1, 0.15) is 44.6 Å². The summed E-state index contributed by atoms with van der Waals surface area (Å²) in [4.78, 5) is 10.1. The van der Waals surface area contributed by atoms with Crippen molar-refractivity contribution >= 4 is 17.2 Å². The first-order valence-electron chi connectivity index (χ1n) is 6.40. The van der Waals surface area contributed by atoms with Gasteiger partial charge in [0.15, 0.2) is 0 Å². The van der Waals surface area contributed by atoms with E-state index in [1.54, 1.807) is 11.3 Å². The molecular weight excluding hydrogens is 232 g/mol. The molecule has 0 amide bonds. The quantitative estimate of drug-likeness (QED) is 0.692. The van der Waals surface area contributed by atoms with E-state index in [1.807, 2.05) is 11.1 Å². The molecule has 0 N–H and O–H groups in total. The summed E-state index contributed by atoms with van der Waals surface area (Å²) < 4.78 is 0. The Hall–Kier alpha value is -0.870. The average Bonchev–Trinajstić information content (AvgIpc) is 2.99. The molecule has 0 radical (unpaired) electrons. The summed E-state index contributed by atoms with van der Waals surface area (Å²) in [5.74, 6) is 0.778. The van der Waals surface area contributed by atoms with Gasteiger partial charge < -0.3 is 4.84 Å². The zero-order chi connectivity index (χ0) is 11.9. The monoisotopic (exact) mass is 252 g/mol. The SMILES string of the molecule is CCCCCCCN1CN=C(c2ccsc2)O1. The van der Waals surface area contributed by atoms with Crippen LogP contribution < -0.4 is 0 Å². The second-order valence-electron chi connectivity index (χ2n) is 4.33. The van der Waals surface area contributed by atoms with Gasteiger partial charge in [-0.2, -0.15) is 11.3 Å². The van der Waals surface area contributed by atoms with Crippen LogP contribution in [0.15, 0.2) is 21.8 Å². The molecule has 1 aliphatic rings. The molecule has 1 aromatic rings. The van der Waals surface area contributed by atoms with Crippen molar-refractivity contribution in [3.63, 3.8) is 0 Å². The van der Waals surface area contributed by atoms with Crippen molar-refractivity contribution in [2.45, 2.75) is 39.0 Å². The highest BCUT2D eigenvalue weighted by atomic mass is 32.1. The summed E-state index contributed by atoms with van der Waals surface area (Å²) in [6.45, 7) is 3.91. The molecule has 0 fully saturated rings. The predicted molar refractivity (Wildman–Crippen MR) is 72.3 cm³/mol. The minimum absolute atomic E-state index is 0.680. The lowest BCUT2D eigenvalue weighted by atomic mass is 10.1. The fraction of sp³-hybridized carbons (Fsp3) is 0.615. The number of unbranched alkanes of at least 4 members (excludes halogenated alkanes) is 4. The molecular formula is C13H20N2OS. The van der Waals surface area contributed by atoms with Gasteiger partial charge in [0.05, 0.1) is 0 Å². The highest BCUT2D eigenvalue weighted by Gasteiger charge is 2.18. The number of hydrogen-bond donors (Lipinski definition) is 0. The van der Waals surface area contributed by atoms with E-state index >= 15 is 0 Å². The minimum atomic E-state index is 0.680. The molecule has 0 bridgehead atoms. The largest absolute Gasteiger partial charge is 0.383 e. The maximum atomic E-state index is 5.70. The van der Waals surface area contributed by atoms with Gasteiger partial charge in [-0.15, -0.1) is 5.06 Å². The maximum absolute atomic E-state index is 5.70. The lowest BCUT2D eigenvalue weighted by molar-refractivity contribution is -0.0492. The molecule has 17 heavy (non-hydrogen) atoms. The molecule has 0 aromatic carbocycles. The topological polar surface area (TPSA) is 24.8 Å². The number of thiophene rings is 1. The Morgan fingerprint density at radius 1 is 1.35 bits per heavy atom. The molecule has 4 heteroatoms. The summed E-state index contributed by atoms with van der Waals surface area (Å²) in [6, 6.07) is 2.05. The molecule has 0 spiro atoms. The number of hydrogen-bond acceptors (Lipinski definition) is 4. The minimum Gasteiger partial charge on any atom is -0.383 e. The average molecular weight is 252 g/mol. The van der Waals surface area contributed by atoms with Crippen LogP contribution in [0, 0.1) is 0 Å². The third kappa shape index (κ3) is 3.82. The van der Waals surface area contributed by atoms with Crippen LogP contribution in [0.3, 0.4) is 0 Å². The van der Waals surface area contributed by atoms with Gasteiger partial charge >= 0.3 is 0 Å². The van der Waals surface area contributed by atoms with Crippen LogP contribution >= 0.6 is 11.3 Å². The van der Waals surface area contributed by atoms with Crippen molar-refractivity contribution in [1.82, 2.24) is 5.06 Å². The van der Waals surface area contributed by atoms with E-state index < -0.39 is 0 Å². The van der Waals surface area contributed by atoms with Crippen molar-refractivity contribution in [1.29, 1.82) is 0 Å². The Kier molecular flexibility index (Phi) is 5.01. The maximum Gasteiger partial charge on any atom is 0.243 e. The van der Waals surface area contributed by atoms with Crippen LogP contribution in [-0.4, -0.2) is 24.2 Å². The molecule has 3 nitrogen and oxygen atoms in total. The summed E-state index contributed by atoms with van der Waals surface area (Å²) in [7, 11) is 0. The highest BCUT2D eigenvalue weighted by molar-refractivity contribution is 7.08. The van der Waals surface area contributed by atoms with Gasteiger partial charge in [-0.05, 0) is 17.9 Å². The number of aliphatic imine (C=N–C) groups is 1. The fourth-order valence-electron chi connectivity index (χ4n) is 1.86. The van der Waals surface area contributed by atoms with Gasteiger partial charge in [0.2, 0.25) is 5.90 Å². The van der Waals surface area contributed by atoms with Gasteiger partial charge in [-0.25, -0.2) is 4.99 Å². The number of nitrogens with zero attached hydrogens (tertiary/aromatic N) is 2. The summed E-state index contributed by atoms with van der Waals surface area (Å²) >= 11 is 1.68. The third-order valence-corrected chi connectivity index (χ3v) is 3.55. The molecule has 1 aliphatic heterocycles. The first-order chi connectivity index (χ1) is 8.40. The molecule has 94 valence electrons. The van der Waals surface area contributed by atoms with Gasteiger partial charge in [0, 0.05) is 17.5 Å². The summed E-state index contributed by atoms with van der Waals surface area (Å²) in [6.07, 6.45) is 6.47. The van der Waals surface area contributed by atoms with E-state index in [1.165, 1.54) is 32.1 Å². The van der Waals surface area contributed by atoms with Crippen LogP contribution in [0.2, 0.25) is 0 Å². The second-order valence-corrected chi connectivity index (χ2v) is 5.11. The van der Waals surface area contributed by atoms with Gasteiger partial charge in [0.1, 0.15) is 6.67 Å². The van der Waals surface area contributed by atoms with Crippen LogP contribution in [0.5, 0.6) is 0 Å². The first-order valence-corrected chi connectivity index (χ1v) is 7.34. The van der Waals surface area contributed by atoms with Crippen molar-refractivity contribution in [3.8, 4) is 0 Å². The van der Waals surface area contributed by atoms with E-state index in [0.29, 0.717) is 6.67 Å². The van der Waals surface area contributed by atoms with Crippen molar-refractivity contribution in [3.05, 3.63) is 22.4 Å². The standard InChI is InChI=1S/C13H20N2OS/c1-2-3-4-5-6-8-15-11-14-13(16-15)12-7-9-17-10-12/h7,9-10H,2-6,8,11H2,1H3. The van der Waals surface area contributed by atoms with Crippen molar-refractivity contribution in [2.75, 3.05) is 13.2 Å². The lowest BCUT2D eigenvalue weighted by Crippen LogP contribution is -2.22. The zero-order valence-electron chi connectivity index (χ0n) is 10.4. The lowest BCUT2D eigenvalue weighted by Gasteiger charge is -2.13. The van der Waals surface area contributed by atoms with E-state index in [0.717, 1.165) is 18.0 Å². The number of rotatable bonds is 7. The zero-order valence-corrected chi connectivity index (χ0v) is 11.2. The first kappa shape index (κ1) is 12.6. The normalized spacial score (nSPS) is 15.9. The molecule has 0 atom stereocenters. The summed E-state index contributed by atoms with van der Waals surface area (Å²) in [5.41, 5.74) is 1.10. The third-order valence-electron chi connectivity index (χ3n) is 2.87. The molecule has 1 aromatic heterocycles. The van der Waals surface area contributed by atoms with Gasteiger partial charge in [0.25, 0.3) is 0 Å². The van der Waals surface area contributed by atoms with E-state index in [4.69, 9.17) is 4.84 Å². The summed E-state index contributed by atoms with van der Waals surface area (Å²) in [5, 5.41) is 6.08. The fourth-order valence-corrected chi connectivity index (χ4v) is 2.49. The Bertz CT molecular complexity index is 348. The molecule has 0 aliphatic carbocycles. The molecule has 2 heterocycles. The predicted octanol–water partition coefficient (Wildman–Crippen LogP) is 3.67. The smallest absolute Gasteiger partial charge is 0.243 e. The van der Waals surface area contributed by atoms with Gasteiger partial charge in [-0.3, -0.25) is 0 Å². The second kappa shape index (κ2) is 6.77. The highest BCUT2D eigenvalue weighted by Crippen LogP contribution is 2.15. The molecule has 2 rings (SSSR count). The number of hydroxylamine groups is 2. The molecule has 0 saturated carbocycles. The van der Waals surface area contributed by atoms with Crippen LogP contribution in [0.4, 0.5) is 0 Å².